The first-order valence-electron chi connectivity index (χ1n) is 7.89. The first kappa shape index (κ1) is 17.9. The molecule has 2 N–H and O–H groups in total. The highest BCUT2D eigenvalue weighted by Crippen LogP contribution is 2.21. The van der Waals surface area contributed by atoms with Crippen LogP contribution in [0.5, 0.6) is 0 Å². The van der Waals surface area contributed by atoms with Gasteiger partial charge in [-0.15, -0.1) is 0 Å². The molecule has 2 amide bonds. The predicted octanol–water partition coefficient (Wildman–Crippen LogP) is 0.742. The lowest BCUT2D eigenvalue weighted by atomic mass is 9.92. The lowest BCUT2D eigenvalue weighted by Crippen LogP contribution is -2.49. The van der Waals surface area contributed by atoms with Crippen LogP contribution in [0.3, 0.4) is 0 Å². The first-order valence-corrected chi connectivity index (χ1v) is 7.89. The van der Waals surface area contributed by atoms with Crippen molar-refractivity contribution < 1.29 is 24.2 Å². The van der Waals surface area contributed by atoms with Crippen LogP contribution in [-0.2, 0) is 24.7 Å². The molecule has 1 heterocycles. The molecule has 7 nitrogen and oxygen atoms in total. The summed E-state index contributed by atoms with van der Waals surface area (Å²) >= 11 is 0. The van der Waals surface area contributed by atoms with Gasteiger partial charge in [-0.05, 0) is 12.5 Å². The summed E-state index contributed by atoms with van der Waals surface area (Å²) in [6, 6.07) is 8.49. The van der Waals surface area contributed by atoms with Gasteiger partial charge in [0.1, 0.15) is 0 Å². The third-order valence-corrected chi connectivity index (χ3v) is 4.10. The molecule has 1 atom stereocenters. The molecule has 0 saturated carbocycles. The Morgan fingerprint density at radius 3 is 2.38 bits per heavy atom. The quantitative estimate of drug-likeness (QED) is 0.800. The molecule has 1 saturated heterocycles. The van der Waals surface area contributed by atoms with Crippen molar-refractivity contribution >= 4 is 17.8 Å². The van der Waals surface area contributed by atoms with E-state index in [-0.39, 0.29) is 18.7 Å². The topological polar surface area (TPSA) is 95.9 Å². The minimum absolute atomic E-state index is 0.0497. The number of rotatable bonds is 6. The van der Waals surface area contributed by atoms with E-state index < -0.39 is 17.4 Å². The minimum Gasteiger partial charge on any atom is -0.479 e. The van der Waals surface area contributed by atoms with Crippen molar-refractivity contribution in [2.75, 3.05) is 26.3 Å². The monoisotopic (exact) mass is 334 g/mol. The van der Waals surface area contributed by atoms with Crippen molar-refractivity contribution in [3.63, 3.8) is 0 Å². The smallest absolute Gasteiger partial charge is 0.333 e. The van der Waals surface area contributed by atoms with Crippen LogP contribution in [-0.4, -0.2) is 54.1 Å². The molecule has 1 aromatic carbocycles. The second-order valence-corrected chi connectivity index (χ2v) is 5.84. The van der Waals surface area contributed by atoms with Crippen LogP contribution in [0.1, 0.15) is 25.3 Å². The number of amides is 2. The highest BCUT2D eigenvalue weighted by Gasteiger charge is 2.36. The van der Waals surface area contributed by atoms with Crippen molar-refractivity contribution in [1.82, 2.24) is 10.2 Å². The molecule has 24 heavy (non-hydrogen) atoms. The summed E-state index contributed by atoms with van der Waals surface area (Å²) in [6.45, 7) is 3.49. The summed E-state index contributed by atoms with van der Waals surface area (Å²) < 4.78 is 5.18. The van der Waals surface area contributed by atoms with Crippen molar-refractivity contribution in [2.45, 2.75) is 25.3 Å². The number of hydrogen-bond acceptors (Lipinski definition) is 4. The Morgan fingerprint density at radius 2 is 1.79 bits per heavy atom. The first-order chi connectivity index (χ1) is 11.4. The van der Waals surface area contributed by atoms with E-state index in [2.05, 4.69) is 5.32 Å². The van der Waals surface area contributed by atoms with Crippen LogP contribution in [0, 0.1) is 0 Å². The van der Waals surface area contributed by atoms with E-state index >= 15 is 0 Å². The molecule has 130 valence electrons. The summed E-state index contributed by atoms with van der Waals surface area (Å²) in [6.07, 6.45) is 0.00220. The molecule has 1 unspecified atom stereocenters. The summed E-state index contributed by atoms with van der Waals surface area (Å²) in [5.74, 6) is -1.74. The zero-order chi connectivity index (χ0) is 17.6. The second kappa shape index (κ2) is 7.92. The number of aliphatic carboxylic acids is 1. The fourth-order valence-electron chi connectivity index (χ4n) is 2.55. The average Bonchev–Trinajstić information content (AvgIpc) is 2.61. The second-order valence-electron chi connectivity index (χ2n) is 5.84. The maximum atomic E-state index is 12.2. The highest BCUT2D eigenvalue weighted by molar-refractivity contribution is 5.89. The third-order valence-electron chi connectivity index (χ3n) is 4.10. The number of nitrogens with zero attached hydrogens (tertiary/aromatic N) is 1. The Morgan fingerprint density at radius 1 is 1.17 bits per heavy atom. The van der Waals surface area contributed by atoms with Gasteiger partial charge >= 0.3 is 5.97 Å². The number of carbonyl (C=O) groups is 3. The molecule has 0 aromatic heterocycles. The lowest BCUT2D eigenvalue weighted by molar-refractivity contribution is -0.147. The molecule has 1 aliphatic rings. The van der Waals surface area contributed by atoms with Gasteiger partial charge in [0.15, 0.2) is 5.54 Å². The normalized spacial score (nSPS) is 17.0. The van der Waals surface area contributed by atoms with E-state index in [9.17, 15) is 19.5 Å². The molecule has 7 heteroatoms. The van der Waals surface area contributed by atoms with Crippen LogP contribution in [0.4, 0.5) is 0 Å². The number of carboxylic acids is 1. The average molecular weight is 334 g/mol. The number of morpholine rings is 1. The van der Waals surface area contributed by atoms with Crippen LogP contribution < -0.4 is 5.32 Å². The van der Waals surface area contributed by atoms with E-state index in [0.29, 0.717) is 31.9 Å². The molecule has 0 bridgehead atoms. The van der Waals surface area contributed by atoms with Gasteiger partial charge in [-0.1, -0.05) is 30.3 Å². The Labute approximate surface area is 140 Å². The predicted molar refractivity (Wildman–Crippen MR) is 86.2 cm³/mol. The Hall–Kier alpha value is -2.41. The molecule has 0 spiro atoms. The number of ether oxygens (including phenoxy) is 1. The van der Waals surface area contributed by atoms with E-state index in [1.54, 1.807) is 35.2 Å². The number of carboxylic acid groups (broad SMARTS) is 1. The standard InChI is InChI=1S/C17H22N2O5/c1-17(16(22)23,13-5-3-2-4-6-13)18-14(20)7-8-15(21)19-9-11-24-12-10-19/h2-6H,7-12H2,1H3,(H,18,20)(H,22,23). The van der Waals surface area contributed by atoms with E-state index in [4.69, 9.17) is 4.74 Å². The minimum atomic E-state index is -1.53. The lowest BCUT2D eigenvalue weighted by Gasteiger charge is -2.28. The molecular weight excluding hydrogens is 312 g/mol. The number of benzene rings is 1. The number of carbonyl (C=O) groups excluding carboxylic acids is 2. The summed E-state index contributed by atoms with van der Waals surface area (Å²) in [7, 11) is 0. The van der Waals surface area contributed by atoms with E-state index in [1.807, 2.05) is 0 Å². The van der Waals surface area contributed by atoms with Crippen molar-refractivity contribution in [2.24, 2.45) is 0 Å². The van der Waals surface area contributed by atoms with E-state index in [1.165, 1.54) is 6.92 Å². The van der Waals surface area contributed by atoms with Crippen LogP contribution in [0.15, 0.2) is 30.3 Å². The van der Waals surface area contributed by atoms with Crippen LogP contribution in [0.2, 0.25) is 0 Å². The van der Waals surface area contributed by atoms with E-state index in [0.717, 1.165) is 0 Å². The largest absolute Gasteiger partial charge is 0.479 e. The Balaban J connectivity index is 1.94. The number of hydrogen-bond donors (Lipinski definition) is 2. The molecule has 0 radical (unpaired) electrons. The molecular formula is C17H22N2O5. The molecule has 1 aromatic rings. The van der Waals surface area contributed by atoms with Gasteiger partial charge in [0, 0.05) is 25.9 Å². The van der Waals surface area contributed by atoms with Crippen LogP contribution >= 0.6 is 0 Å². The van der Waals surface area contributed by atoms with Gasteiger partial charge in [-0.2, -0.15) is 0 Å². The van der Waals surface area contributed by atoms with Gasteiger partial charge in [-0.25, -0.2) is 4.79 Å². The van der Waals surface area contributed by atoms with Crippen molar-refractivity contribution in [3.05, 3.63) is 35.9 Å². The number of nitrogens with one attached hydrogen (secondary N) is 1. The van der Waals surface area contributed by atoms with Gasteiger partial charge in [0.2, 0.25) is 11.8 Å². The fraction of sp³-hybridized carbons (Fsp3) is 0.471. The molecule has 0 aliphatic carbocycles. The summed E-state index contributed by atoms with van der Waals surface area (Å²) in [4.78, 5) is 37.5. The van der Waals surface area contributed by atoms with Crippen molar-refractivity contribution in [1.29, 1.82) is 0 Å². The zero-order valence-electron chi connectivity index (χ0n) is 13.7. The maximum absolute atomic E-state index is 12.2. The SMILES string of the molecule is CC(NC(=O)CCC(=O)N1CCOCC1)(C(=O)O)c1ccccc1. The zero-order valence-corrected chi connectivity index (χ0v) is 13.7. The maximum Gasteiger partial charge on any atom is 0.333 e. The summed E-state index contributed by atoms with van der Waals surface area (Å²) in [5.41, 5.74) is -1.05. The van der Waals surface area contributed by atoms with Gasteiger partial charge in [0.05, 0.1) is 13.2 Å². The molecule has 1 fully saturated rings. The Kier molecular flexibility index (Phi) is 5.92. The fourth-order valence-corrected chi connectivity index (χ4v) is 2.55. The van der Waals surface area contributed by atoms with Gasteiger partial charge < -0.3 is 20.1 Å². The highest BCUT2D eigenvalue weighted by atomic mass is 16.5. The van der Waals surface area contributed by atoms with Crippen molar-refractivity contribution in [3.8, 4) is 0 Å². The van der Waals surface area contributed by atoms with Gasteiger partial charge in [-0.3, -0.25) is 9.59 Å². The van der Waals surface area contributed by atoms with Crippen LogP contribution in [0.25, 0.3) is 0 Å². The Bertz CT molecular complexity index is 598. The molecule has 2 rings (SSSR count). The summed E-state index contributed by atoms with van der Waals surface area (Å²) in [5, 5.41) is 12.0. The van der Waals surface area contributed by atoms with Gasteiger partial charge in [0.25, 0.3) is 0 Å². The third kappa shape index (κ3) is 4.32. The molecule has 1 aliphatic heterocycles.